The number of carbonyl (C=O) groups is 1. The first-order chi connectivity index (χ1) is 9.18. The number of aryl methyl sites for hydroxylation is 1. The number of hydrogen-bond acceptors (Lipinski definition) is 3. The molecule has 1 aromatic rings. The van der Waals surface area contributed by atoms with Crippen molar-refractivity contribution in [2.24, 2.45) is 5.92 Å². The van der Waals surface area contributed by atoms with Gasteiger partial charge in [-0.2, -0.15) is 0 Å². The van der Waals surface area contributed by atoms with Crippen LogP contribution in [-0.4, -0.2) is 25.0 Å². The molecule has 110 valence electrons. The Hall–Kier alpha value is -1.11. The second-order valence-electron chi connectivity index (χ2n) is 5.26. The third-order valence-corrected chi connectivity index (χ3v) is 5.74. The van der Waals surface area contributed by atoms with Gasteiger partial charge in [0.1, 0.15) is 4.90 Å². The molecule has 0 amide bonds. The summed E-state index contributed by atoms with van der Waals surface area (Å²) in [7, 11) is -3.83. The Kier molecular flexibility index (Phi) is 3.83. The Balaban J connectivity index is 2.31. The fourth-order valence-electron chi connectivity index (χ4n) is 2.14. The Bertz CT molecular complexity index is 652. The van der Waals surface area contributed by atoms with Crippen molar-refractivity contribution < 1.29 is 18.3 Å². The Labute approximate surface area is 123 Å². The summed E-state index contributed by atoms with van der Waals surface area (Å²) < 4.78 is 27.2. The summed E-state index contributed by atoms with van der Waals surface area (Å²) in [6, 6.07) is 4.65. The number of sulfonamides is 1. The first kappa shape index (κ1) is 15.3. The van der Waals surface area contributed by atoms with E-state index in [0.29, 0.717) is 12.8 Å². The number of benzene rings is 1. The van der Waals surface area contributed by atoms with E-state index in [1.807, 2.05) is 6.92 Å². The van der Waals surface area contributed by atoms with Crippen LogP contribution in [0.5, 0.6) is 0 Å². The monoisotopic (exact) mass is 317 g/mol. The highest BCUT2D eigenvalue weighted by Gasteiger charge is 2.53. The maximum Gasteiger partial charge on any atom is 0.308 e. The molecule has 1 aromatic carbocycles. The van der Waals surface area contributed by atoms with Crippen molar-refractivity contribution in [3.05, 3.63) is 28.8 Å². The van der Waals surface area contributed by atoms with Crippen molar-refractivity contribution in [3.8, 4) is 0 Å². The van der Waals surface area contributed by atoms with Gasteiger partial charge in [-0.1, -0.05) is 24.6 Å². The van der Waals surface area contributed by atoms with Gasteiger partial charge in [-0.3, -0.25) is 4.79 Å². The van der Waals surface area contributed by atoms with Gasteiger partial charge >= 0.3 is 5.97 Å². The topological polar surface area (TPSA) is 83.5 Å². The van der Waals surface area contributed by atoms with Gasteiger partial charge in [0.05, 0.1) is 10.9 Å². The van der Waals surface area contributed by atoms with Crippen molar-refractivity contribution in [2.75, 3.05) is 0 Å². The first-order valence-electron chi connectivity index (χ1n) is 6.21. The predicted molar refractivity (Wildman–Crippen MR) is 75.3 cm³/mol. The van der Waals surface area contributed by atoms with Gasteiger partial charge in [0.2, 0.25) is 10.0 Å². The first-order valence-corrected chi connectivity index (χ1v) is 8.07. The summed E-state index contributed by atoms with van der Waals surface area (Å²) in [5.41, 5.74) is -0.0345. The van der Waals surface area contributed by atoms with Crippen molar-refractivity contribution in [2.45, 2.75) is 37.1 Å². The van der Waals surface area contributed by atoms with Crippen LogP contribution in [0.3, 0.4) is 0 Å². The summed E-state index contributed by atoms with van der Waals surface area (Å²) in [5.74, 6) is -1.79. The Morgan fingerprint density at radius 2 is 2.05 bits per heavy atom. The zero-order valence-corrected chi connectivity index (χ0v) is 12.8. The third-order valence-electron chi connectivity index (χ3n) is 3.70. The molecule has 1 unspecified atom stereocenters. The van der Waals surface area contributed by atoms with E-state index >= 15 is 0 Å². The molecular formula is C13H16ClNO4S. The van der Waals surface area contributed by atoms with Crippen molar-refractivity contribution >= 4 is 27.6 Å². The van der Waals surface area contributed by atoms with Crippen LogP contribution in [0.2, 0.25) is 5.02 Å². The molecule has 1 saturated carbocycles. The van der Waals surface area contributed by atoms with E-state index in [4.69, 9.17) is 16.7 Å². The lowest BCUT2D eigenvalue weighted by atomic mass is 10.0. The molecule has 20 heavy (non-hydrogen) atoms. The minimum absolute atomic E-state index is 0.0198. The van der Waals surface area contributed by atoms with Gasteiger partial charge < -0.3 is 5.11 Å². The van der Waals surface area contributed by atoms with E-state index in [9.17, 15) is 13.2 Å². The molecule has 2 N–H and O–H groups in total. The number of aliphatic carboxylic acids is 1. The molecule has 0 heterocycles. The number of halogens is 1. The lowest BCUT2D eigenvalue weighted by Gasteiger charge is -2.21. The van der Waals surface area contributed by atoms with Crippen LogP contribution in [0.1, 0.15) is 25.3 Å². The van der Waals surface area contributed by atoms with Crippen LogP contribution in [-0.2, 0) is 14.8 Å². The van der Waals surface area contributed by atoms with Gasteiger partial charge in [-0.25, -0.2) is 13.1 Å². The largest absolute Gasteiger partial charge is 0.481 e. The van der Waals surface area contributed by atoms with Crippen LogP contribution in [0.15, 0.2) is 23.1 Å². The van der Waals surface area contributed by atoms with Crippen LogP contribution in [0, 0.1) is 12.8 Å². The van der Waals surface area contributed by atoms with Gasteiger partial charge in [0.15, 0.2) is 0 Å². The SMILES string of the molecule is Cc1ccc(S(=O)(=O)NC2(C(C)C(=O)O)CC2)c(Cl)c1. The summed E-state index contributed by atoms with van der Waals surface area (Å²) in [4.78, 5) is 11.0. The molecule has 1 atom stereocenters. The predicted octanol–water partition coefficient (Wildman–Crippen LogP) is 2.18. The summed E-state index contributed by atoms with van der Waals surface area (Å²) in [6.07, 6.45) is 1.03. The molecule has 7 heteroatoms. The number of carboxylic acids is 1. The second kappa shape index (κ2) is 5.02. The average Bonchev–Trinajstić information content (AvgIpc) is 3.07. The molecule has 0 bridgehead atoms. The van der Waals surface area contributed by atoms with Crippen molar-refractivity contribution in [1.29, 1.82) is 0 Å². The lowest BCUT2D eigenvalue weighted by Crippen LogP contribution is -2.44. The van der Waals surface area contributed by atoms with Gasteiger partial charge in [-0.05, 0) is 37.5 Å². The minimum Gasteiger partial charge on any atom is -0.481 e. The highest BCUT2D eigenvalue weighted by molar-refractivity contribution is 7.89. The average molecular weight is 318 g/mol. The van der Waals surface area contributed by atoms with E-state index in [1.54, 1.807) is 12.1 Å². The molecule has 5 nitrogen and oxygen atoms in total. The van der Waals surface area contributed by atoms with Gasteiger partial charge in [0, 0.05) is 5.54 Å². The maximum absolute atomic E-state index is 12.4. The zero-order chi connectivity index (χ0) is 15.1. The quantitative estimate of drug-likeness (QED) is 0.872. The van der Waals surface area contributed by atoms with Gasteiger partial charge in [0.25, 0.3) is 0 Å². The van der Waals surface area contributed by atoms with E-state index in [1.165, 1.54) is 13.0 Å². The van der Waals surface area contributed by atoms with Gasteiger partial charge in [-0.15, -0.1) is 0 Å². The highest BCUT2D eigenvalue weighted by atomic mass is 35.5. The number of rotatable bonds is 5. The molecule has 1 fully saturated rings. The fourth-order valence-corrected chi connectivity index (χ4v) is 4.27. The summed E-state index contributed by atoms with van der Waals surface area (Å²) >= 11 is 5.97. The zero-order valence-electron chi connectivity index (χ0n) is 11.2. The summed E-state index contributed by atoms with van der Waals surface area (Å²) in [6.45, 7) is 3.32. The molecule has 2 rings (SSSR count). The number of carboxylic acid groups (broad SMARTS) is 1. The van der Waals surface area contributed by atoms with Crippen molar-refractivity contribution in [3.63, 3.8) is 0 Å². The van der Waals surface area contributed by atoms with Crippen molar-refractivity contribution in [1.82, 2.24) is 4.72 Å². The number of hydrogen-bond donors (Lipinski definition) is 2. The number of nitrogens with one attached hydrogen (secondary N) is 1. The molecule has 1 aliphatic carbocycles. The fraction of sp³-hybridized carbons (Fsp3) is 0.462. The highest BCUT2D eigenvalue weighted by Crippen LogP contribution is 2.44. The van der Waals surface area contributed by atoms with E-state index in [0.717, 1.165) is 5.56 Å². The molecule has 1 aliphatic rings. The molecule has 0 radical (unpaired) electrons. The van der Waals surface area contributed by atoms with Crippen LogP contribution in [0.25, 0.3) is 0 Å². The van der Waals surface area contributed by atoms with E-state index < -0.39 is 27.4 Å². The van der Waals surface area contributed by atoms with Crippen LogP contribution < -0.4 is 4.72 Å². The molecule has 0 saturated heterocycles. The smallest absolute Gasteiger partial charge is 0.308 e. The Morgan fingerprint density at radius 1 is 1.45 bits per heavy atom. The maximum atomic E-state index is 12.4. The lowest BCUT2D eigenvalue weighted by molar-refractivity contribution is -0.142. The molecule has 0 spiro atoms. The standard InChI is InChI=1S/C13H16ClNO4S/c1-8-3-4-11(10(14)7-8)20(18,19)15-13(5-6-13)9(2)12(16)17/h3-4,7,9,15H,5-6H2,1-2H3,(H,16,17). The van der Waals surface area contributed by atoms with Crippen LogP contribution >= 0.6 is 11.6 Å². The molecule has 0 aromatic heterocycles. The third kappa shape index (κ3) is 2.82. The normalized spacial score (nSPS) is 18.6. The molecular weight excluding hydrogens is 302 g/mol. The Morgan fingerprint density at radius 3 is 2.50 bits per heavy atom. The summed E-state index contributed by atoms with van der Waals surface area (Å²) in [5, 5.41) is 9.19. The second-order valence-corrected chi connectivity index (χ2v) is 7.31. The minimum atomic E-state index is -3.83. The molecule has 0 aliphatic heterocycles. The van der Waals surface area contributed by atoms with E-state index in [-0.39, 0.29) is 9.92 Å². The van der Waals surface area contributed by atoms with Crippen LogP contribution in [0.4, 0.5) is 0 Å². The van der Waals surface area contributed by atoms with E-state index in [2.05, 4.69) is 4.72 Å².